The Morgan fingerprint density at radius 3 is 2.84 bits per heavy atom. The number of carboxylic acid groups (broad SMARTS) is 1. The van der Waals surface area contributed by atoms with Gasteiger partial charge in [-0.15, -0.1) is 0 Å². The molecule has 6 nitrogen and oxygen atoms in total. The first-order chi connectivity index (χ1) is 8.97. The first kappa shape index (κ1) is 13.1. The maximum atomic E-state index is 11.4. The quantitative estimate of drug-likeness (QED) is 0.718. The summed E-state index contributed by atoms with van der Waals surface area (Å²) in [6, 6.07) is 4.61. The van der Waals surface area contributed by atoms with E-state index < -0.39 is 17.6 Å². The molecule has 0 saturated heterocycles. The van der Waals surface area contributed by atoms with Gasteiger partial charge in [-0.05, 0) is 30.5 Å². The van der Waals surface area contributed by atoms with Crippen molar-refractivity contribution in [3.8, 4) is 5.75 Å². The predicted octanol–water partition coefficient (Wildman–Crippen LogP) is -0.492. The largest absolute Gasteiger partial charge is 0.548 e. The van der Waals surface area contributed by atoms with Crippen LogP contribution in [0.2, 0.25) is 0 Å². The lowest BCUT2D eigenvalue weighted by Gasteiger charge is -2.12. The van der Waals surface area contributed by atoms with Crippen molar-refractivity contribution in [2.75, 3.05) is 0 Å². The predicted molar refractivity (Wildman–Crippen MR) is 65.5 cm³/mol. The molecule has 100 valence electrons. The van der Waals surface area contributed by atoms with Crippen LogP contribution in [0, 0.1) is 0 Å². The van der Waals surface area contributed by atoms with E-state index in [0.717, 1.165) is 0 Å². The number of carboxylic acids is 1. The van der Waals surface area contributed by atoms with Gasteiger partial charge in [0.05, 0.1) is 5.97 Å². The van der Waals surface area contributed by atoms with Crippen LogP contribution in [0.15, 0.2) is 33.5 Å². The molecule has 6 heteroatoms. The average molecular weight is 262 g/mol. The van der Waals surface area contributed by atoms with E-state index in [0.29, 0.717) is 17.4 Å². The number of carbonyl (C=O) groups is 1. The van der Waals surface area contributed by atoms with E-state index >= 15 is 0 Å². The molecule has 0 saturated carbocycles. The standard InChI is InChI=1S/C13H13NO5/c14-10(13(17)18)4-1-7-5-12(16)19-11-6-8(15)2-3-9(7)11/h2-3,5-6,10,15H,1,4,14H2,(H,17,18)/p-1/t10-/m0/s1. The number of hydrogen-bond donors (Lipinski definition) is 2. The number of aromatic hydroxyl groups is 1. The maximum Gasteiger partial charge on any atom is 0.336 e. The van der Waals surface area contributed by atoms with E-state index in [-0.39, 0.29) is 17.8 Å². The highest BCUT2D eigenvalue weighted by Gasteiger charge is 2.09. The Kier molecular flexibility index (Phi) is 3.52. The summed E-state index contributed by atoms with van der Waals surface area (Å²) >= 11 is 0. The second-order valence-electron chi connectivity index (χ2n) is 4.24. The van der Waals surface area contributed by atoms with Gasteiger partial charge in [0, 0.05) is 23.6 Å². The molecule has 0 aliphatic rings. The third kappa shape index (κ3) is 2.92. The van der Waals surface area contributed by atoms with Crippen LogP contribution in [0.5, 0.6) is 5.75 Å². The van der Waals surface area contributed by atoms with Crippen molar-refractivity contribution >= 4 is 16.9 Å². The molecule has 19 heavy (non-hydrogen) atoms. The zero-order valence-electron chi connectivity index (χ0n) is 9.96. The second-order valence-corrected chi connectivity index (χ2v) is 4.24. The molecule has 0 fully saturated rings. The lowest BCUT2D eigenvalue weighted by molar-refractivity contribution is -0.307. The van der Waals surface area contributed by atoms with E-state index in [1.807, 2.05) is 0 Å². The van der Waals surface area contributed by atoms with Crippen molar-refractivity contribution in [3.63, 3.8) is 0 Å². The molecule has 0 spiro atoms. The van der Waals surface area contributed by atoms with Crippen LogP contribution in [-0.4, -0.2) is 17.1 Å². The van der Waals surface area contributed by atoms with Crippen molar-refractivity contribution in [3.05, 3.63) is 40.2 Å². The Bertz CT molecular complexity index is 676. The van der Waals surface area contributed by atoms with Crippen LogP contribution >= 0.6 is 0 Å². The van der Waals surface area contributed by atoms with Crippen LogP contribution in [0.1, 0.15) is 12.0 Å². The van der Waals surface area contributed by atoms with Gasteiger partial charge in [-0.25, -0.2) is 4.79 Å². The van der Waals surface area contributed by atoms with Crippen molar-refractivity contribution in [1.82, 2.24) is 0 Å². The van der Waals surface area contributed by atoms with Gasteiger partial charge in [0.2, 0.25) is 0 Å². The number of aliphatic carboxylic acids is 1. The minimum atomic E-state index is -1.33. The minimum absolute atomic E-state index is 0.0146. The molecule has 0 bridgehead atoms. The fraction of sp³-hybridized carbons (Fsp3) is 0.231. The van der Waals surface area contributed by atoms with Crippen LogP contribution in [0.3, 0.4) is 0 Å². The zero-order chi connectivity index (χ0) is 14.0. The summed E-state index contributed by atoms with van der Waals surface area (Å²) < 4.78 is 4.96. The number of phenols is 1. The Morgan fingerprint density at radius 2 is 2.16 bits per heavy atom. The van der Waals surface area contributed by atoms with E-state index in [1.165, 1.54) is 18.2 Å². The number of nitrogens with two attached hydrogens (primary N) is 1. The summed E-state index contributed by atoms with van der Waals surface area (Å²) in [4.78, 5) is 21.9. The van der Waals surface area contributed by atoms with Crippen LogP contribution < -0.4 is 16.5 Å². The number of rotatable bonds is 4. The van der Waals surface area contributed by atoms with Gasteiger partial charge in [0.25, 0.3) is 0 Å². The summed E-state index contributed by atoms with van der Waals surface area (Å²) in [5.41, 5.74) is 5.69. The van der Waals surface area contributed by atoms with Crippen LogP contribution in [-0.2, 0) is 11.2 Å². The van der Waals surface area contributed by atoms with Gasteiger partial charge >= 0.3 is 5.63 Å². The maximum absolute atomic E-state index is 11.4. The van der Waals surface area contributed by atoms with E-state index in [2.05, 4.69) is 0 Å². The van der Waals surface area contributed by atoms with Gasteiger partial charge in [0.1, 0.15) is 11.3 Å². The molecule has 0 unspecified atom stereocenters. The Balaban J connectivity index is 2.37. The van der Waals surface area contributed by atoms with Gasteiger partial charge in [-0.1, -0.05) is 0 Å². The minimum Gasteiger partial charge on any atom is -0.548 e. The van der Waals surface area contributed by atoms with Gasteiger partial charge < -0.3 is 25.2 Å². The van der Waals surface area contributed by atoms with E-state index in [1.54, 1.807) is 6.07 Å². The fourth-order valence-electron chi connectivity index (χ4n) is 1.85. The van der Waals surface area contributed by atoms with Crippen LogP contribution in [0.25, 0.3) is 11.0 Å². The lowest BCUT2D eigenvalue weighted by Crippen LogP contribution is -2.42. The molecule has 3 N–H and O–H groups in total. The number of aryl methyl sites for hydroxylation is 1. The average Bonchev–Trinajstić information content (AvgIpc) is 2.34. The normalized spacial score (nSPS) is 12.5. The molecular formula is C13H12NO5-. The lowest BCUT2D eigenvalue weighted by atomic mass is 10.0. The first-order valence-corrected chi connectivity index (χ1v) is 5.69. The monoisotopic (exact) mass is 262 g/mol. The highest BCUT2D eigenvalue weighted by Crippen LogP contribution is 2.22. The highest BCUT2D eigenvalue weighted by atomic mass is 16.4. The fourth-order valence-corrected chi connectivity index (χ4v) is 1.85. The van der Waals surface area contributed by atoms with Crippen molar-refractivity contribution in [2.45, 2.75) is 18.9 Å². The number of benzene rings is 1. The molecule has 2 rings (SSSR count). The van der Waals surface area contributed by atoms with Gasteiger partial charge in [0.15, 0.2) is 0 Å². The summed E-state index contributed by atoms with van der Waals surface area (Å²) in [6.45, 7) is 0. The molecule has 1 aromatic carbocycles. The molecule has 0 aliphatic heterocycles. The Labute approximate surface area is 108 Å². The third-order valence-corrected chi connectivity index (χ3v) is 2.84. The molecule has 1 aromatic heterocycles. The molecule has 2 aromatic rings. The van der Waals surface area contributed by atoms with E-state index in [4.69, 9.17) is 10.2 Å². The van der Waals surface area contributed by atoms with Crippen LogP contribution in [0.4, 0.5) is 0 Å². The smallest absolute Gasteiger partial charge is 0.336 e. The molecule has 0 aliphatic carbocycles. The van der Waals surface area contributed by atoms with Gasteiger partial charge in [-0.2, -0.15) is 0 Å². The van der Waals surface area contributed by atoms with Crippen molar-refractivity contribution < 1.29 is 19.4 Å². The molecule has 0 radical (unpaired) electrons. The summed E-state index contributed by atoms with van der Waals surface area (Å²) in [5, 5.41) is 20.5. The summed E-state index contributed by atoms with van der Waals surface area (Å²) in [6.07, 6.45) is 0.462. The number of carbonyl (C=O) groups excluding carboxylic acids is 1. The van der Waals surface area contributed by atoms with Gasteiger partial charge in [-0.3, -0.25) is 0 Å². The molecule has 1 atom stereocenters. The SMILES string of the molecule is N[C@@H](CCc1cc(=O)oc2cc(O)ccc12)C(=O)[O-]. The Hall–Kier alpha value is -2.34. The van der Waals surface area contributed by atoms with Crippen molar-refractivity contribution in [2.24, 2.45) is 5.73 Å². The zero-order valence-corrected chi connectivity index (χ0v) is 9.96. The van der Waals surface area contributed by atoms with E-state index in [9.17, 15) is 19.8 Å². The molecule has 1 heterocycles. The summed E-state index contributed by atoms with van der Waals surface area (Å²) in [5.74, 6) is -1.34. The molecular weight excluding hydrogens is 250 g/mol. The number of phenolic OH excluding ortho intramolecular Hbond substituents is 1. The number of fused-ring (bicyclic) bond motifs is 1. The number of hydrogen-bond acceptors (Lipinski definition) is 6. The summed E-state index contributed by atoms with van der Waals surface area (Å²) in [7, 11) is 0. The topological polar surface area (TPSA) is 117 Å². The molecule has 0 amide bonds. The first-order valence-electron chi connectivity index (χ1n) is 5.69. The Morgan fingerprint density at radius 1 is 1.42 bits per heavy atom. The third-order valence-electron chi connectivity index (χ3n) is 2.84. The van der Waals surface area contributed by atoms with Crippen molar-refractivity contribution in [1.29, 1.82) is 0 Å². The second kappa shape index (κ2) is 5.11. The highest BCUT2D eigenvalue weighted by molar-refractivity contribution is 5.81.